The number of carboxylic acid groups (broad SMARTS) is 1. The molecule has 24 heavy (non-hydrogen) atoms. The van der Waals surface area contributed by atoms with Crippen LogP contribution in [0.4, 0.5) is 0 Å². The summed E-state index contributed by atoms with van der Waals surface area (Å²) >= 11 is 0. The fourth-order valence-corrected chi connectivity index (χ4v) is 2.47. The molecule has 0 bridgehead atoms. The monoisotopic (exact) mass is 337 g/mol. The third-order valence-corrected chi connectivity index (χ3v) is 3.89. The number of methoxy groups -OCH3 is 1. The fourth-order valence-electron chi connectivity index (χ4n) is 2.47. The Balaban J connectivity index is 1.84. The molecule has 7 nitrogen and oxygen atoms in total. The molecule has 1 aliphatic rings. The highest BCUT2D eigenvalue weighted by Crippen LogP contribution is 2.20. The van der Waals surface area contributed by atoms with Crippen LogP contribution < -0.4 is 10.1 Å². The summed E-state index contributed by atoms with van der Waals surface area (Å²) in [6.45, 7) is 3.05. The zero-order chi connectivity index (χ0) is 17.5. The lowest BCUT2D eigenvalue weighted by Crippen LogP contribution is -2.35. The molecule has 1 heterocycles. The summed E-state index contributed by atoms with van der Waals surface area (Å²) in [6, 6.07) is 4.77. The summed E-state index contributed by atoms with van der Waals surface area (Å²) in [7, 11) is 1.41. The van der Waals surface area contributed by atoms with Crippen molar-refractivity contribution in [1.29, 1.82) is 0 Å². The number of benzene rings is 1. The maximum Gasteiger partial charge on any atom is 0.339 e. The number of nitrogens with one attached hydrogen (secondary N) is 1. The molecular formula is C17H23NO6. The van der Waals surface area contributed by atoms with Gasteiger partial charge in [-0.15, -0.1) is 0 Å². The van der Waals surface area contributed by atoms with E-state index in [4.69, 9.17) is 19.3 Å². The molecule has 1 aromatic rings. The molecule has 1 saturated heterocycles. The lowest BCUT2D eigenvalue weighted by molar-refractivity contribution is -0.133. The van der Waals surface area contributed by atoms with Crippen molar-refractivity contribution in [3.63, 3.8) is 0 Å². The zero-order valence-electron chi connectivity index (χ0n) is 13.9. The van der Waals surface area contributed by atoms with Crippen molar-refractivity contribution in [2.45, 2.75) is 38.5 Å². The molecule has 0 aliphatic carbocycles. The highest BCUT2D eigenvalue weighted by atomic mass is 16.5. The molecule has 0 unspecified atom stereocenters. The number of carbonyl (C=O) groups is 2. The van der Waals surface area contributed by atoms with Crippen molar-refractivity contribution < 1.29 is 28.9 Å². The number of hydrogen-bond acceptors (Lipinski definition) is 5. The third-order valence-electron chi connectivity index (χ3n) is 3.89. The van der Waals surface area contributed by atoms with Gasteiger partial charge in [0.25, 0.3) is 0 Å². The number of amides is 1. The van der Waals surface area contributed by atoms with Gasteiger partial charge in [-0.3, -0.25) is 4.79 Å². The first kappa shape index (κ1) is 18.2. The van der Waals surface area contributed by atoms with Gasteiger partial charge in [0.15, 0.2) is 0 Å². The standard InChI is InChI=1S/C17H23NO6/c1-11(24-10-13-4-3-7-23-13)16(19)18-9-12-5-6-15(22-2)14(8-12)17(20)21/h5-6,8,11,13H,3-4,7,9-10H2,1-2H3,(H,18,19)(H,20,21)/t11-,13+/m1/s1. The number of hydrogen-bond donors (Lipinski definition) is 2. The van der Waals surface area contributed by atoms with Gasteiger partial charge in [0.05, 0.1) is 19.8 Å². The van der Waals surface area contributed by atoms with E-state index in [0.717, 1.165) is 19.4 Å². The van der Waals surface area contributed by atoms with E-state index < -0.39 is 12.1 Å². The van der Waals surface area contributed by atoms with Gasteiger partial charge >= 0.3 is 5.97 Å². The maximum absolute atomic E-state index is 12.0. The Labute approximate surface area is 140 Å². The minimum Gasteiger partial charge on any atom is -0.496 e. The molecular weight excluding hydrogens is 314 g/mol. The van der Waals surface area contributed by atoms with Crippen LogP contribution in [-0.2, 0) is 20.8 Å². The van der Waals surface area contributed by atoms with Crippen LogP contribution in [0.15, 0.2) is 18.2 Å². The molecule has 7 heteroatoms. The first-order valence-electron chi connectivity index (χ1n) is 7.92. The van der Waals surface area contributed by atoms with Crippen molar-refractivity contribution in [3.8, 4) is 5.75 Å². The smallest absolute Gasteiger partial charge is 0.339 e. The minimum absolute atomic E-state index is 0.0620. The van der Waals surface area contributed by atoms with Gasteiger partial charge in [0.1, 0.15) is 17.4 Å². The predicted octanol–water partition coefficient (Wildman–Crippen LogP) is 1.59. The molecule has 0 saturated carbocycles. The number of ether oxygens (including phenoxy) is 3. The van der Waals surface area contributed by atoms with Gasteiger partial charge in [0, 0.05) is 13.2 Å². The topological polar surface area (TPSA) is 94.1 Å². The second-order valence-corrected chi connectivity index (χ2v) is 5.67. The van der Waals surface area contributed by atoms with Crippen LogP contribution in [0.25, 0.3) is 0 Å². The van der Waals surface area contributed by atoms with Gasteiger partial charge in [-0.1, -0.05) is 6.07 Å². The lowest BCUT2D eigenvalue weighted by Gasteiger charge is -2.16. The Hall–Kier alpha value is -2.12. The van der Waals surface area contributed by atoms with E-state index >= 15 is 0 Å². The van der Waals surface area contributed by atoms with E-state index in [1.165, 1.54) is 13.2 Å². The van der Waals surface area contributed by atoms with Gasteiger partial charge < -0.3 is 24.6 Å². The summed E-state index contributed by atoms with van der Waals surface area (Å²) in [5, 5.41) is 11.9. The highest BCUT2D eigenvalue weighted by Gasteiger charge is 2.20. The third kappa shape index (κ3) is 4.94. The van der Waals surface area contributed by atoms with E-state index in [9.17, 15) is 9.59 Å². The van der Waals surface area contributed by atoms with Gasteiger partial charge in [-0.05, 0) is 37.5 Å². The molecule has 2 rings (SSSR count). The Morgan fingerprint density at radius 3 is 2.88 bits per heavy atom. The Bertz CT molecular complexity index is 582. The van der Waals surface area contributed by atoms with Gasteiger partial charge in [0.2, 0.25) is 5.91 Å². The maximum atomic E-state index is 12.0. The van der Waals surface area contributed by atoms with Crippen molar-refractivity contribution in [3.05, 3.63) is 29.3 Å². The molecule has 2 N–H and O–H groups in total. The molecule has 1 aliphatic heterocycles. The molecule has 0 radical (unpaired) electrons. The summed E-state index contributed by atoms with van der Waals surface area (Å²) in [6.07, 6.45) is 1.46. The van der Waals surface area contributed by atoms with Crippen molar-refractivity contribution >= 4 is 11.9 Å². The number of rotatable bonds is 8. The normalized spacial score (nSPS) is 18.2. The summed E-state index contributed by atoms with van der Waals surface area (Å²) in [5.74, 6) is -1.04. The van der Waals surface area contributed by atoms with E-state index in [1.807, 2.05) is 0 Å². The van der Waals surface area contributed by atoms with Crippen LogP contribution in [-0.4, -0.2) is 49.5 Å². The van der Waals surface area contributed by atoms with Crippen LogP contribution in [0.1, 0.15) is 35.7 Å². The molecule has 1 amide bonds. The van der Waals surface area contributed by atoms with Crippen molar-refractivity contribution in [1.82, 2.24) is 5.32 Å². The molecule has 1 fully saturated rings. The summed E-state index contributed by atoms with van der Waals surface area (Å²) in [5.41, 5.74) is 0.736. The average Bonchev–Trinajstić information content (AvgIpc) is 3.10. The number of carbonyl (C=O) groups excluding carboxylic acids is 1. The van der Waals surface area contributed by atoms with E-state index in [-0.39, 0.29) is 29.9 Å². The quantitative estimate of drug-likeness (QED) is 0.748. The number of carboxylic acids is 1. The Morgan fingerprint density at radius 2 is 2.25 bits per heavy atom. The number of aromatic carboxylic acids is 1. The van der Waals surface area contributed by atoms with E-state index in [0.29, 0.717) is 12.2 Å². The SMILES string of the molecule is COc1ccc(CNC(=O)[C@@H](C)OC[C@@H]2CCCO2)cc1C(=O)O. The first-order valence-corrected chi connectivity index (χ1v) is 7.92. The minimum atomic E-state index is -1.08. The highest BCUT2D eigenvalue weighted by molar-refractivity contribution is 5.91. The van der Waals surface area contributed by atoms with Crippen LogP contribution in [0.2, 0.25) is 0 Å². The van der Waals surface area contributed by atoms with Crippen molar-refractivity contribution in [2.24, 2.45) is 0 Å². The van der Waals surface area contributed by atoms with Crippen molar-refractivity contribution in [2.75, 3.05) is 20.3 Å². The van der Waals surface area contributed by atoms with Crippen LogP contribution >= 0.6 is 0 Å². The first-order chi connectivity index (χ1) is 11.5. The second kappa shape index (κ2) is 8.65. The van der Waals surface area contributed by atoms with E-state index in [1.54, 1.807) is 19.1 Å². The fraction of sp³-hybridized carbons (Fsp3) is 0.529. The molecule has 132 valence electrons. The largest absolute Gasteiger partial charge is 0.496 e. The van der Waals surface area contributed by atoms with Crippen LogP contribution in [0.3, 0.4) is 0 Å². The Kier molecular flexibility index (Phi) is 6.57. The molecule has 0 aromatic heterocycles. The lowest BCUT2D eigenvalue weighted by atomic mass is 10.1. The van der Waals surface area contributed by atoms with Gasteiger partial charge in [-0.2, -0.15) is 0 Å². The molecule has 1 aromatic carbocycles. The predicted molar refractivity (Wildman–Crippen MR) is 86.2 cm³/mol. The average molecular weight is 337 g/mol. The van der Waals surface area contributed by atoms with Crippen LogP contribution in [0.5, 0.6) is 5.75 Å². The summed E-state index contributed by atoms with van der Waals surface area (Å²) < 4.78 is 16.0. The summed E-state index contributed by atoms with van der Waals surface area (Å²) in [4.78, 5) is 23.2. The Morgan fingerprint density at radius 1 is 1.46 bits per heavy atom. The van der Waals surface area contributed by atoms with E-state index in [2.05, 4.69) is 5.32 Å². The molecule has 2 atom stereocenters. The second-order valence-electron chi connectivity index (χ2n) is 5.67. The van der Waals surface area contributed by atoms with Gasteiger partial charge in [-0.25, -0.2) is 4.79 Å². The van der Waals surface area contributed by atoms with Crippen LogP contribution in [0, 0.1) is 0 Å². The molecule has 0 spiro atoms. The zero-order valence-corrected chi connectivity index (χ0v) is 13.9.